The summed E-state index contributed by atoms with van der Waals surface area (Å²) in [7, 11) is 0. The maximum absolute atomic E-state index is 4.56. The summed E-state index contributed by atoms with van der Waals surface area (Å²) < 4.78 is 4.53. The zero-order valence-electron chi connectivity index (χ0n) is 18.8. The number of aromatic nitrogens is 5. The van der Waals surface area contributed by atoms with Gasteiger partial charge in [0.25, 0.3) is 0 Å². The lowest BCUT2D eigenvalue weighted by Gasteiger charge is -2.26. The Hall–Kier alpha value is -3.21. The molecule has 0 bridgehead atoms. The Morgan fingerprint density at radius 3 is 2.34 bits per heavy atom. The molecule has 32 heavy (non-hydrogen) atoms. The number of hydrogen-bond acceptors (Lipinski definition) is 3. The summed E-state index contributed by atoms with van der Waals surface area (Å²) in [5.41, 5.74) is 6.24. The molecule has 5 heteroatoms. The molecule has 0 atom stereocenters. The number of rotatable bonds is 7. The van der Waals surface area contributed by atoms with Gasteiger partial charge in [-0.2, -0.15) is 0 Å². The summed E-state index contributed by atoms with van der Waals surface area (Å²) in [6.45, 7) is 2.93. The van der Waals surface area contributed by atoms with Crippen LogP contribution in [0.25, 0.3) is 22.5 Å². The first kappa shape index (κ1) is 20.7. The van der Waals surface area contributed by atoms with Crippen LogP contribution in [0.3, 0.4) is 0 Å². The van der Waals surface area contributed by atoms with Gasteiger partial charge in [0.15, 0.2) is 5.82 Å². The fourth-order valence-electron chi connectivity index (χ4n) is 5.07. The van der Waals surface area contributed by atoms with E-state index in [-0.39, 0.29) is 0 Å². The predicted molar refractivity (Wildman–Crippen MR) is 128 cm³/mol. The van der Waals surface area contributed by atoms with E-state index in [1.54, 1.807) is 0 Å². The Labute approximate surface area is 190 Å². The van der Waals surface area contributed by atoms with Crippen LogP contribution in [0.5, 0.6) is 0 Å². The highest BCUT2D eigenvalue weighted by Gasteiger charge is 2.26. The maximum Gasteiger partial charge on any atom is 0.184 e. The number of benzene rings is 2. The van der Waals surface area contributed by atoms with Crippen molar-refractivity contribution in [1.82, 2.24) is 24.8 Å². The molecule has 0 aliphatic heterocycles. The van der Waals surface area contributed by atoms with Crippen molar-refractivity contribution in [3.8, 4) is 22.5 Å². The second kappa shape index (κ2) is 9.51. The lowest BCUT2D eigenvalue weighted by Crippen LogP contribution is -2.15. The molecule has 2 heterocycles. The van der Waals surface area contributed by atoms with Crippen molar-refractivity contribution in [2.24, 2.45) is 0 Å². The largest absolute Gasteiger partial charge is 0.347 e. The average Bonchev–Trinajstić information content (AvgIpc) is 3.45. The maximum atomic E-state index is 4.56. The van der Waals surface area contributed by atoms with Crippen LogP contribution in [-0.4, -0.2) is 24.8 Å². The monoisotopic (exact) mass is 425 g/mol. The lowest BCUT2D eigenvalue weighted by molar-refractivity contribution is 0.347. The van der Waals surface area contributed by atoms with E-state index in [0.29, 0.717) is 12.6 Å². The minimum absolute atomic E-state index is 0.569. The van der Waals surface area contributed by atoms with Crippen LogP contribution >= 0.6 is 0 Å². The third-order valence-electron chi connectivity index (χ3n) is 6.61. The fraction of sp³-hybridized carbons (Fsp3) is 0.370. The van der Waals surface area contributed by atoms with E-state index in [1.165, 1.54) is 60.1 Å². The second-order valence-corrected chi connectivity index (χ2v) is 8.83. The van der Waals surface area contributed by atoms with Gasteiger partial charge in [0.05, 0.1) is 6.54 Å². The molecule has 0 radical (unpaired) electrons. The van der Waals surface area contributed by atoms with E-state index < -0.39 is 0 Å². The molecule has 164 valence electrons. The molecular weight excluding hydrogens is 394 g/mol. The molecule has 0 N–H and O–H groups in total. The zero-order chi connectivity index (χ0) is 21.8. The lowest BCUT2D eigenvalue weighted by atomic mass is 9.95. The summed E-state index contributed by atoms with van der Waals surface area (Å²) in [6, 6.07) is 21.7. The van der Waals surface area contributed by atoms with Gasteiger partial charge in [0, 0.05) is 29.1 Å². The third kappa shape index (κ3) is 4.12. The van der Waals surface area contributed by atoms with E-state index in [4.69, 9.17) is 0 Å². The molecule has 2 aromatic carbocycles. The molecule has 1 aliphatic rings. The van der Waals surface area contributed by atoms with Crippen LogP contribution in [0.15, 0.2) is 66.9 Å². The molecule has 5 rings (SSSR count). The first-order valence-electron chi connectivity index (χ1n) is 11.9. The standard InChI is InChI=1S/C27H31N5/c1-2-12-25-26(27-28-29-30-32(27)19-21-13-6-3-7-14-21)24(22-15-8-4-9-16-22)20-31(25)23-17-10-5-11-18-23/h3-4,6-9,13-16,20,23H,2,5,10-12,17-19H2,1H3. The highest BCUT2D eigenvalue weighted by Crippen LogP contribution is 2.40. The Morgan fingerprint density at radius 2 is 1.62 bits per heavy atom. The molecule has 0 unspecified atom stereocenters. The van der Waals surface area contributed by atoms with Crippen LogP contribution in [0.4, 0.5) is 0 Å². The van der Waals surface area contributed by atoms with Gasteiger partial charge in [0.2, 0.25) is 0 Å². The SMILES string of the molecule is CCCc1c(-c2nnnn2Cc2ccccc2)c(-c2ccccc2)cn1C1CCCCC1. The van der Waals surface area contributed by atoms with E-state index in [9.17, 15) is 0 Å². The third-order valence-corrected chi connectivity index (χ3v) is 6.61. The second-order valence-electron chi connectivity index (χ2n) is 8.83. The molecular formula is C27H31N5. The van der Waals surface area contributed by atoms with Crippen molar-refractivity contribution in [2.45, 2.75) is 64.5 Å². The fourth-order valence-corrected chi connectivity index (χ4v) is 5.07. The van der Waals surface area contributed by atoms with Crippen LogP contribution < -0.4 is 0 Å². The van der Waals surface area contributed by atoms with Gasteiger partial charge < -0.3 is 4.57 Å². The highest BCUT2D eigenvalue weighted by molar-refractivity contribution is 5.83. The topological polar surface area (TPSA) is 48.5 Å². The number of nitrogens with zero attached hydrogens (tertiary/aromatic N) is 5. The first-order valence-corrected chi connectivity index (χ1v) is 11.9. The van der Waals surface area contributed by atoms with Crippen molar-refractivity contribution in [3.05, 3.63) is 78.1 Å². The quantitative estimate of drug-likeness (QED) is 0.348. The van der Waals surface area contributed by atoms with Gasteiger partial charge in [-0.1, -0.05) is 93.3 Å². The van der Waals surface area contributed by atoms with Crippen molar-refractivity contribution in [1.29, 1.82) is 0 Å². The van der Waals surface area contributed by atoms with Crippen LogP contribution in [0.2, 0.25) is 0 Å². The summed E-state index contributed by atoms with van der Waals surface area (Å²) >= 11 is 0. The van der Waals surface area contributed by atoms with E-state index in [0.717, 1.165) is 18.7 Å². The molecule has 0 spiro atoms. The molecule has 5 nitrogen and oxygen atoms in total. The van der Waals surface area contributed by atoms with E-state index in [1.807, 2.05) is 10.7 Å². The predicted octanol–water partition coefficient (Wildman–Crippen LogP) is 6.31. The van der Waals surface area contributed by atoms with Crippen molar-refractivity contribution >= 4 is 0 Å². The first-order chi connectivity index (χ1) is 15.8. The minimum atomic E-state index is 0.569. The Morgan fingerprint density at radius 1 is 0.906 bits per heavy atom. The summed E-state index contributed by atoms with van der Waals surface area (Å²) in [5, 5.41) is 13.1. The van der Waals surface area contributed by atoms with Crippen molar-refractivity contribution in [3.63, 3.8) is 0 Å². The molecule has 0 saturated heterocycles. The molecule has 4 aromatic rings. The Bertz CT molecular complexity index is 1140. The van der Waals surface area contributed by atoms with Gasteiger partial charge in [0.1, 0.15) is 0 Å². The van der Waals surface area contributed by atoms with Crippen LogP contribution in [-0.2, 0) is 13.0 Å². The van der Waals surface area contributed by atoms with Crippen molar-refractivity contribution < 1.29 is 0 Å². The van der Waals surface area contributed by atoms with Gasteiger partial charge in [-0.3, -0.25) is 0 Å². The van der Waals surface area contributed by atoms with Crippen LogP contribution in [0, 0.1) is 0 Å². The summed E-state index contributed by atoms with van der Waals surface area (Å²) in [5.74, 6) is 0.866. The smallest absolute Gasteiger partial charge is 0.184 e. The van der Waals surface area contributed by atoms with Crippen LogP contribution in [0.1, 0.15) is 62.7 Å². The molecule has 2 aromatic heterocycles. The van der Waals surface area contributed by atoms with Gasteiger partial charge in [-0.05, 0) is 40.8 Å². The summed E-state index contributed by atoms with van der Waals surface area (Å²) in [6.07, 6.45) is 11.0. The van der Waals surface area contributed by atoms with E-state index >= 15 is 0 Å². The Kier molecular flexibility index (Phi) is 6.15. The molecule has 1 fully saturated rings. The normalized spacial score (nSPS) is 14.7. The van der Waals surface area contributed by atoms with Gasteiger partial charge >= 0.3 is 0 Å². The van der Waals surface area contributed by atoms with Gasteiger partial charge in [-0.25, -0.2) is 4.68 Å². The molecule has 1 saturated carbocycles. The highest BCUT2D eigenvalue weighted by atomic mass is 15.5. The van der Waals surface area contributed by atoms with Gasteiger partial charge in [-0.15, -0.1) is 5.10 Å². The van der Waals surface area contributed by atoms with Crippen molar-refractivity contribution in [2.75, 3.05) is 0 Å². The zero-order valence-corrected chi connectivity index (χ0v) is 18.8. The summed E-state index contributed by atoms with van der Waals surface area (Å²) in [4.78, 5) is 0. The number of tetrazole rings is 1. The minimum Gasteiger partial charge on any atom is -0.347 e. The number of hydrogen-bond donors (Lipinski definition) is 0. The molecule has 0 amide bonds. The average molecular weight is 426 g/mol. The molecule has 1 aliphatic carbocycles. The Balaban J connectivity index is 1.67. The van der Waals surface area contributed by atoms with E-state index in [2.05, 4.69) is 87.8 Å².